The molecule has 0 N–H and O–H groups in total. The molecule has 0 aromatic carbocycles. The zero-order valence-corrected chi connectivity index (χ0v) is 11.4. The molecule has 0 aromatic heterocycles. The summed E-state index contributed by atoms with van der Waals surface area (Å²) in [5, 5.41) is 0. The van der Waals surface area contributed by atoms with E-state index in [0.29, 0.717) is 0 Å². The Morgan fingerprint density at radius 3 is 1.73 bits per heavy atom. The van der Waals surface area contributed by atoms with Gasteiger partial charge in [0.15, 0.2) is 0 Å². The SMILES string of the molecule is CP(C)(Br)(Br)C1CCCCC1. The van der Waals surface area contributed by atoms with Crippen molar-refractivity contribution in [3.63, 3.8) is 0 Å². The van der Waals surface area contributed by atoms with E-state index in [0.717, 1.165) is 5.66 Å². The van der Waals surface area contributed by atoms with Gasteiger partial charge in [0.2, 0.25) is 0 Å². The predicted molar refractivity (Wildman–Crippen MR) is 63.5 cm³/mol. The van der Waals surface area contributed by atoms with Crippen LogP contribution in [-0.4, -0.2) is 19.0 Å². The average Bonchev–Trinajstić information content (AvgIpc) is 1.86. The van der Waals surface area contributed by atoms with Crippen molar-refractivity contribution in [3.8, 4) is 0 Å². The summed E-state index contributed by atoms with van der Waals surface area (Å²) in [6.45, 7) is 4.73. The van der Waals surface area contributed by atoms with Gasteiger partial charge in [0.1, 0.15) is 0 Å². The number of halogens is 2. The molecule has 0 amide bonds. The summed E-state index contributed by atoms with van der Waals surface area (Å²) in [6, 6.07) is 0. The standard InChI is InChI=1S/C8H17Br2P/c1-11(2,9,10)8-6-4-3-5-7-8/h8H,3-7H2,1-2H3. The summed E-state index contributed by atoms with van der Waals surface area (Å²) in [6.07, 6.45) is 7.15. The van der Waals surface area contributed by atoms with E-state index in [1.54, 1.807) is 0 Å². The summed E-state index contributed by atoms with van der Waals surface area (Å²) < 4.78 is -1.59. The van der Waals surface area contributed by atoms with Crippen LogP contribution in [0.2, 0.25) is 0 Å². The molecule has 0 heterocycles. The summed E-state index contributed by atoms with van der Waals surface area (Å²) in [7, 11) is 0. The van der Waals surface area contributed by atoms with Crippen LogP contribution in [0.25, 0.3) is 0 Å². The molecule has 0 atom stereocenters. The van der Waals surface area contributed by atoms with E-state index in [9.17, 15) is 0 Å². The Morgan fingerprint density at radius 1 is 1.00 bits per heavy atom. The van der Waals surface area contributed by atoms with Crippen molar-refractivity contribution in [2.24, 2.45) is 0 Å². The van der Waals surface area contributed by atoms with Crippen molar-refractivity contribution >= 4 is 35.0 Å². The third kappa shape index (κ3) is 3.32. The van der Waals surface area contributed by atoms with Crippen molar-refractivity contribution < 1.29 is 0 Å². The summed E-state index contributed by atoms with van der Waals surface area (Å²) in [5.41, 5.74) is 0.912. The molecule has 0 saturated heterocycles. The first kappa shape index (κ1) is 10.5. The maximum absolute atomic E-state index is 3.89. The van der Waals surface area contributed by atoms with Crippen LogP contribution in [0.15, 0.2) is 0 Å². The van der Waals surface area contributed by atoms with Crippen molar-refractivity contribution in [2.45, 2.75) is 37.8 Å². The fourth-order valence-electron chi connectivity index (χ4n) is 1.79. The van der Waals surface area contributed by atoms with Gasteiger partial charge < -0.3 is 0 Å². The molecule has 1 aliphatic rings. The van der Waals surface area contributed by atoms with E-state index >= 15 is 0 Å². The van der Waals surface area contributed by atoms with Crippen LogP contribution >= 0.6 is 35.0 Å². The Balaban J connectivity index is 2.59. The van der Waals surface area contributed by atoms with Gasteiger partial charge >= 0.3 is 86.1 Å². The summed E-state index contributed by atoms with van der Waals surface area (Å²) in [4.78, 5) is 0. The van der Waals surface area contributed by atoms with Crippen LogP contribution in [0.3, 0.4) is 0 Å². The van der Waals surface area contributed by atoms with Crippen molar-refractivity contribution in [1.82, 2.24) is 0 Å². The fourth-order valence-corrected chi connectivity index (χ4v) is 6.04. The second-order valence-electron chi connectivity index (χ2n) is 4.19. The van der Waals surface area contributed by atoms with Gasteiger partial charge in [0.25, 0.3) is 0 Å². The van der Waals surface area contributed by atoms with E-state index in [-0.39, 0.29) is 0 Å². The molecular formula is C8H17Br2P. The predicted octanol–water partition coefficient (Wildman–Crippen LogP) is 4.75. The number of hydrogen-bond donors (Lipinski definition) is 0. The topological polar surface area (TPSA) is 0 Å². The molecule has 68 valence electrons. The van der Waals surface area contributed by atoms with Crippen LogP contribution in [-0.2, 0) is 0 Å². The molecule has 0 aromatic rings. The van der Waals surface area contributed by atoms with Crippen LogP contribution < -0.4 is 0 Å². The van der Waals surface area contributed by atoms with Gasteiger partial charge in [-0.05, 0) is 0 Å². The Morgan fingerprint density at radius 2 is 1.45 bits per heavy atom. The Labute approximate surface area is 85.9 Å². The van der Waals surface area contributed by atoms with E-state index < -0.39 is 4.01 Å². The summed E-state index contributed by atoms with van der Waals surface area (Å²) >= 11 is 7.78. The third-order valence-electron chi connectivity index (χ3n) is 2.58. The molecule has 11 heavy (non-hydrogen) atoms. The summed E-state index contributed by atoms with van der Waals surface area (Å²) in [5.74, 6) is 0. The first-order chi connectivity index (χ1) is 4.86. The van der Waals surface area contributed by atoms with E-state index in [1.807, 2.05) is 0 Å². The van der Waals surface area contributed by atoms with Crippen molar-refractivity contribution in [1.29, 1.82) is 0 Å². The van der Waals surface area contributed by atoms with Gasteiger partial charge in [-0.25, -0.2) is 0 Å². The van der Waals surface area contributed by atoms with Crippen LogP contribution in [0.5, 0.6) is 0 Å². The molecule has 0 aliphatic heterocycles. The molecule has 1 aliphatic carbocycles. The van der Waals surface area contributed by atoms with Crippen molar-refractivity contribution in [2.75, 3.05) is 13.3 Å². The zero-order valence-electron chi connectivity index (χ0n) is 7.32. The van der Waals surface area contributed by atoms with Gasteiger partial charge in [0, 0.05) is 0 Å². The Hall–Kier alpha value is 1.39. The molecule has 1 rings (SSSR count). The van der Waals surface area contributed by atoms with Gasteiger partial charge in [-0.1, -0.05) is 0 Å². The molecule has 0 unspecified atom stereocenters. The zero-order chi connectivity index (χ0) is 8.56. The molecule has 0 bridgehead atoms. The minimum absolute atomic E-state index is 0.912. The van der Waals surface area contributed by atoms with Gasteiger partial charge in [-0.15, -0.1) is 0 Å². The molecule has 0 spiro atoms. The molecule has 1 fully saturated rings. The van der Waals surface area contributed by atoms with Gasteiger partial charge in [-0.2, -0.15) is 0 Å². The van der Waals surface area contributed by atoms with Gasteiger partial charge in [0.05, 0.1) is 0 Å². The number of hydrogen-bond acceptors (Lipinski definition) is 0. The molecule has 0 radical (unpaired) electrons. The second-order valence-corrected chi connectivity index (χ2v) is 24.7. The van der Waals surface area contributed by atoms with Crippen LogP contribution in [0.1, 0.15) is 32.1 Å². The first-order valence-corrected chi connectivity index (χ1v) is 11.5. The van der Waals surface area contributed by atoms with Crippen LogP contribution in [0, 0.1) is 0 Å². The maximum atomic E-state index is 3.89. The monoisotopic (exact) mass is 302 g/mol. The Kier molecular flexibility index (Phi) is 3.11. The first-order valence-electron chi connectivity index (χ1n) is 4.31. The quantitative estimate of drug-likeness (QED) is 0.613. The molecule has 0 nitrogen and oxygen atoms in total. The molecule has 3 heteroatoms. The third-order valence-corrected chi connectivity index (χ3v) is 8.58. The van der Waals surface area contributed by atoms with E-state index in [2.05, 4.69) is 44.3 Å². The van der Waals surface area contributed by atoms with Crippen molar-refractivity contribution in [3.05, 3.63) is 0 Å². The molecule has 1 saturated carbocycles. The average molecular weight is 304 g/mol. The normalized spacial score (nSPS) is 26.0. The second kappa shape index (κ2) is 3.27. The van der Waals surface area contributed by atoms with Crippen LogP contribution in [0.4, 0.5) is 0 Å². The Bertz CT molecular complexity index is 133. The van der Waals surface area contributed by atoms with E-state index in [1.165, 1.54) is 32.1 Å². The fraction of sp³-hybridized carbons (Fsp3) is 1.00. The number of rotatable bonds is 1. The van der Waals surface area contributed by atoms with Gasteiger partial charge in [-0.3, -0.25) is 0 Å². The minimum atomic E-state index is -1.59. The molecular weight excluding hydrogens is 287 g/mol. The van der Waals surface area contributed by atoms with E-state index in [4.69, 9.17) is 0 Å².